The lowest BCUT2D eigenvalue weighted by Gasteiger charge is -2.27. The number of nitrogens with two attached hydrogens (primary N) is 1. The van der Waals surface area contributed by atoms with Gasteiger partial charge in [0.1, 0.15) is 9.79 Å². The number of benzene rings is 1. The molecule has 10 heteroatoms. The molecule has 1 unspecified atom stereocenters. The number of anilines is 1. The van der Waals surface area contributed by atoms with Crippen molar-refractivity contribution in [1.82, 2.24) is 4.72 Å². The van der Waals surface area contributed by atoms with Crippen molar-refractivity contribution in [2.75, 3.05) is 5.32 Å². The van der Waals surface area contributed by atoms with Crippen LogP contribution in [0.3, 0.4) is 0 Å². The molecule has 0 fully saturated rings. The number of rotatable bonds is 2. The van der Waals surface area contributed by atoms with Crippen LogP contribution in [0.15, 0.2) is 21.9 Å². The van der Waals surface area contributed by atoms with E-state index in [1.54, 1.807) is 6.92 Å². The number of primary sulfonamides is 1. The lowest BCUT2D eigenvalue weighted by Crippen LogP contribution is -2.44. The second-order valence-electron chi connectivity index (χ2n) is 4.05. The van der Waals surface area contributed by atoms with E-state index in [1.807, 2.05) is 0 Å². The van der Waals surface area contributed by atoms with Gasteiger partial charge in [0.05, 0.1) is 16.9 Å². The van der Waals surface area contributed by atoms with E-state index in [2.05, 4.69) is 10.0 Å². The molecule has 1 aromatic carbocycles. The van der Waals surface area contributed by atoms with Crippen LogP contribution in [-0.4, -0.2) is 23.0 Å². The molecular formula is C9H12ClN3O4S2. The molecule has 0 radical (unpaired) electrons. The van der Waals surface area contributed by atoms with Gasteiger partial charge >= 0.3 is 0 Å². The molecule has 0 saturated carbocycles. The summed E-state index contributed by atoms with van der Waals surface area (Å²) in [5.41, 5.74) is 0.253. The van der Waals surface area contributed by atoms with E-state index >= 15 is 0 Å². The molecule has 19 heavy (non-hydrogen) atoms. The minimum atomic E-state index is -4.09. The molecule has 0 aliphatic carbocycles. The van der Waals surface area contributed by atoms with Gasteiger partial charge in [0, 0.05) is 0 Å². The molecule has 106 valence electrons. The highest BCUT2D eigenvalue weighted by Gasteiger charge is 2.30. The zero-order valence-corrected chi connectivity index (χ0v) is 12.2. The van der Waals surface area contributed by atoms with Gasteiger partial charge in [-0.05, 0) is 18.6 Å². The fourth-order valence-electron chi connectivity index (χ4n) is 1.74. The number of nitrogens with one attached hydrogen (secondary N) is 2. The quantitative estimate of drug-likeness (QED) is 0.728. The van der Waals surface area contributed by atoms with E-state index in [-0.39, 0.29) is 15.6 Å². The highest BCUT2D eigenvalue weighted by Crippen LogP contribution is 2.33. The molecular weight excluding hydrogens is 314 g/mol. The summed E-state index contributed by atoms with van der Waals surface area (Å²) in [5, 5.41) is 7.77. The molecule has 0 saturated heterocycles. The molecule has 0 bridgehead atoms. The predicted octanol–water partition coefficient (Wildman–Crippen LogP) is 0.427. The van der Waals surface area contributed by atoms with Gasteiger partial charge in [0.25, 0.3) is 0 Å². The van der Waals surface area contributed by atoms with Crippen LogP contribution in [-0.2, 0) is 20.0 Å². The fourth-order valence-corrected chi connectivity index (χ4v) is 4.32. The van der Waals surface area contributed by atoms with E-state index in [1.165, 1.54) is 6.07 Å². The van der Waals surface area contributed by atoms with Crippen molar-refractivity contribution in [1.29, 1.82) is 0 Å². The molecule has 0 aromatic heterocycles. The predicted molar refractivity (Wildman–Crippen MR) is 70.8 cm³/mol. The first-order valence-electron chi connectivity index (χ1n) is 5.30. The summed E-state index contributed by atoms with van der Waals surface area (Å²) in [7, 11) is -7.88. The topological polar surface area (TPSA) is 118 Å². The maximum atomic E-state index is 12.0. The second-order valence-corrected chi connectivity index (χ2v) is 7.67. The molecule has 1 heterocycles. The first-order chi connectivity index (χ1) is 8.65. The lowest BCUT2D eigenvalue weighted by molar-refractivity contribution is 0.551. The highest BCUT2D eigenvalue weighted by atomic mass is 35.5. The second kappa shape index (κ2) is 4.60. The van der Waals surface area contributed by atoms with Crippen LogP contribution in [0.1, 0.15) is 13.3 Å². The monoisotopic (exact) mass is 325 g/mol. The SMILES string of the molecule is CCC1Nc2cc(Cl)c(S(N)(=O)=O)cc2S(=O)(=O)N1. The molecule has 4 N–H and O–H groups in total. The Labute approximate surface area is 116 Å². The van der Waals surface area contributed by atoms with Gasteiger partial charge in [-0.15, -0.1) is 0 Å². The van der Waals surface area contributed by atoms with E-state index < -0.39 is 31.1 Å². The van der Waals surface area contributed by atoms with Crippen molar-refractivity contribution in [3.63, 3.8) is 0 Å². The van der Waals surface area contributed by atoms with Gasteiger partial charge in [0.2, 0.25) is 20.0 Å². The summed E-state index contributed by atoms with van der Waals surface area (Å²) in [4.78, 5) is -0.610. The van der Waals surface area contributed by atoms with Crippen molar-refractivity contribution in [3.8, 4) is 0 Å². The third-order valence-corrected chi connectivity index (χ3v) is 5.55. The Morgan fingerprint density at radius 1 is 1.42 bits per heavy atom. The summed E-state index contributed by atoms with van der Waals surface area (Å²) in [5.74, 6) is 0. The van der Waals surface area contributed by atoms with Crippen molar-refractivity contribution < 1.29 is 16.8 Å². The smallest absolute Gasteiger partial charge is 0.244 e. The molecule has 1 aliphatic heterocycles. The van der Waals surface area contributed by atoms with Crippen LogP contribution in [0.4, 0.5) is 5.69 Å². The Morgan fingerprint density at radius 2 is 2.05 bits per heavy atom. The minimum absolute atomic E-state index is 0.124. The van der Waals surface area contributed by atoms with Crippen molar-refractivity contribution in [2.24, 2.45) is 5.14 Å². The maximum Gasteiger partial charge on any atom is 0.244 e. The standard InChI is InChI=1S/C9H12ClN3O4S2/c1-2-9-12-6-3-5(10)7(18(11,14)15)4-8(6)19(16,17)13-9/h3-4,9,12-13H,2H2,1H3,(H2,11,14,15). The molecule has 0 spiro atoms. The maximum absolute atomic E-state index is 12.0. The largest absolute Gasteiger partial charge is 0.368 e. The Morgan fingerprint density at radius 3 is 2.58 bits per heavy atom. The molecule has 7 nitrogen and oxygen atoms in total. The lowest BCUT2D eigenvalue weighted by atomic mass is 10.3. The minimum Gasteiger partial charge on any atom is -0.368 e. The van der Waals surface area contributed by atoms with Crippen LogP contribution < -0.4 is 15.2 Å². The molecule has 1 aromatic rings. The van der Waals surface area contributed by atoms with Gasteiger partial charge in [0.15, 0.2) is 0 Å². The van der Waals surface area contributed by atoms with Crippen LogP contribution in [0.2, 0.25) is 5.02 Å². The summed E-state index contributed by atoms with van der Waals surface area (Å²) < 4.78 is 49.0. The first-order valence-corrected chi connectivity index (χ1v) is 8.71. The summed E-state index contributed by atoms with van der Waals surface area (Å²) in [6, 6.07) is 2.20. The van der Waals surface area contributed by atoms with E-state index in [9.17, 15) is 16.8 Å². The van der Waals surface area contributed by atoms with Gasteiger partial charge in [-0.2, -0.15) is 4.72 Å². The zero-order valence-electron chi connectivity index (χ0n) is 9.84. The molecule has 1 aliphatic rings. The van der Waals surface area contributed by atoms with Gasteiger partial charge < -0.3 is 5.32 Å². The Bertz CT molecular complexity index is 730. The highest BCUT2D eigenvalue weighted by molar-refractivity contribution is 7.90. The van der Waals surface area contributed by atoms with E-state index in [0.717, 1.165) is 6.07 Å². The van der Waals surface area contributed by atoms with Crippen molar-refractivity contribution >= 4 is 37.3 Å². The number of fused-ring (bicyclic) bond motifs is 1. The Balaban J connectivity index is 2.70. The van der Waals surface area contributed by atoms with Crippen molar-refractivity contribution in [3.05, 3.63) is 17.2 Å². The van der Waals surface area contributed by atoms with Crippen molar-refractivity contribution in [2.45, 2.75) is 29.3 Å². The van der Waals surface area contributed by atoms with Crippen LogP contribution in [0, 0.1) is 0 Å². The summed E-state index contributed by atoms with van der Waals surface area (Å²) in [6.45, 7) is 1.80. The first kappa shape index (κ1) is 14.5. The number of halogens is 1. The average molecular weight is 326 g/mol. The normalized spacial score (nSPS) is 21.5. The van der Waals surface area contributed by atoms with E-state index in [0.29, 0.717) is 6.42 Å². The average Bonchev–Trinajstić information content (AvgIpc) is 2.25. The summed E-state index contributed by atoms with van der Waals surface area (Å²) >= 11 is 5.82. The third-order valence-electron chi connectivity index (χ3n) is 2.67. The molecule has 0 amide bonds. The number of hydrogen-bond donors (Lipinski definition) is 3. The summed E-state index contributed by atoms with van der Waals surface area (Å²) in [6.07, 6.45) is 0.0571. The zero-order chi connectivity index (χ0) is 14.4. The third kappa shape index (κ3) is 2.70. The van der Waals surface area contributed by atoms with Gasteiger partial charge in [-0.3, -0.25) is 0 Å². The van der Waals surface area contributed by atoms with Crippen LogP contribution >= 0.6 is 11.6 Å². The molecule has 2 rings (SSSR count). The fraction of sp³-hybridized carbons (Fsp3) is 0.333. The molecule has 1 atom stereocenters. The number of hydrogen-bond acceptors (Lipinski definition) is 5. The van der Waals surface area contributed by atoms with Crippen LogP contribution in [0.25, 0.3) is 0 Å². The van der Waals surface area contributed by atoms with Crippen LogP contribution in [0.5, 0.6) is 0 Å². The van der Waals surface area contributed by atoms with Gasteiger partial charge in [-0.25, -0.2) is 22.0 Å². The Kier molecular flexibility index (Phi) is 3.52. The van der Waals surface area contributed by atoms with E-state index in [4.69, 9.17) is 16.7 Å². The van der Waals surface area contributed by atoms with Gasteiger partial charge in [-0.1, -0.05) is 18.5 Å². The Hall–Kier alpha value is -0.870. The number of sulfonamides is 2.